The molecular formula is C8H8BrNO2S. The molecule has 3 nitrogen and oxygen atoms in total. The van der Waals surface area contributed by atoms with Gasteiger partial charge in [0.25, 0.3) is 0 Å². The normalized spacial score (nSPS) is 10.6. The Labute approximate surface area is 88.6 Å². The van der Waals surface area contributed by atoms with Crippen LogP contribution >= 0.6 is 27.3 Å². The third kappa shape index (κ3) is 2.63. The quantitative estimate of drug-likeness (QED) is 0.786. The summed E-state index contributed by atoms with van der Waals surface area (Å²) in [6, 6.07) is 0. The Kier molecular flexibility index (Phi) is 4.11. The summed E-state index contributed by atoms with van der Waals surface area (Å²) in [5, 5.41) is 0. The SMILES string of the molecule is CCOC(=O)c1scnc1/C=C/Br. The molecule has 0 aliphatic heterocycles. The first kappa shape index (κ1) is 10.4. The lowest BCUT2D eigenvalue weighted by Crippen LogP contribution is -2.03. The van der Waals surface area contributed by atoms with E-state index in [1.54, 1.807) is 23.5 Å². The van der Waals surface area contributed by atoms with Gasteiger partial charge in [-0.15, -0.1) is 11.3 Å². The van der Waals surface area contributed by atoms with Crippen molar-refractivity contribution in [1.29, 1.82) is 0 Å². The summed E-state index contributed by atoms with van der Waals surface area (Å²) < 4.78 is 4.86. The summed E-state index contributed by atoms with van der Waals surface area (Å²) in [5.41, 5.74) is 2.26. The van der Waals surface area contributed by atoms with Crippen LogP contribution in [0.15, 0.2) is 10.5 Å². The van der Waals surface area contributed by atoms with E-state index in [9.17, 15) is 4.79 Å². The van der Waals surface area contributed by atoms with Gasteiger partial charge in [-0.2, -0.15) is 0 Å². The van der Waals surface area contributed by atoms with Crippen LogP contribution in [0.1, 0.15) is 22.3 Å². The molecule has 0 radical (unpaired) electrons. The molecule has 0 amide bonds. The van der Waals surface area contributed by atoms with Gasteiger partial charge in [0.05, 0.1) is 17.8 Å². The van der Waals surface area contributed by atoms with Gasteiger partial charge >= 0.3 is 5.97 Å². The van der Waals surface area contributed by atoms with E-state index in [0.29, 0.717) is 17.2 Å². The number of rotatable bonds is 3. The van der Waals surface area contributed by atoms with E-state index < -0.39 is 0 Å². The van der Waals surface area contributed by atoms with E-state index in [1.165, 1.54) is 11.3 Å². The van der Waals surface area contributed by atoms with Crippen molar-refractivity contribution in [1.82, 2.24) is 4.98 Å². The molecule has 0 bridgehead atoms. The first-order valence-electron chi connectivity index (χ1n) is 3.67. The number of esters is 1. The highest BCUT2D eigenvalue weighted by Crippen LogP contribution is 2.16. The van der Waals surface area contributed by atoms with Crippen LogP contribution in [-0.4, -0.2) is 17.6 Å². The second-order valence-corrected chi connectivity index (χ2v) is 3.46. The van der Waals surface area contributed by atoms with Crippen molar-refractivity contribution < 1.29 is 9.53 Å². The van der Waals surface area contributed by atoms with Crippen molar-refractivity contribution in [3.63, 3.8) is 0 Å². The van der Waals surface area contributed by atoms with Crippen molar-refractivity contribution >= 4 is 39.3 Å². The first-order chi connectivity index (χ1) is 6.29. The van der Waals surface area contributed by atoms with Gasteiger partial charge in [-0.05, 0) is 18.0 Å². The second-order valence-electron chi connectivity index (χ2n) is 2.08. The molecule has 1 aromatic heterocycles. The standard InChI is InChI=1S/C8H8BrNO2S/c1-2-12-8(11)7-6(3-4-9)10-5-13-7/h3-5H,2H2,1H3/b4-3+. The van der Waals surface area contributed by atoms with Crippen molar-refractivity contribution in [2.45, 2.75) is 6.92 Å². The molecule has 13 heavy (non-hydrogen) atoms. The Balaban J connectivity index is 2.87. The minimum absolute atomic E-state index is 0.314. The van der Waals surface area contributed by atoms with Crippen LogP contribution < -0.4 is 0 Å². The summed E-state index contributed by atoms with van der Waals surface area (Å²) in [4.78, 5) is 17.5. The predicted molar refractivity (Wildman–Crippen MR) is 56.0 cm³/mol. The fourth-order valence-corrected chi connectivity index (χ4v) is 1.70. The van der Waals surface area contributed by atoms with E-state index in [1.807, 2.05) is 0 Å². The Morgan fingerprint density at radius 3 is 3.23 bits per heavy atom. The van der Waals surface area contributed by atoms with E-state index >= 15 is 0 Å². The molecule has 70 valence electrons. The smallest absolute Gasteiger partial charge is 0.350 e. The maximum Gasteiger partial charge on any atom is 0.350 e. The lowest BCUT2D eigenvalue weighted by atomic mass is 10.3. The van der Waals surface area contributed by atoms with Gasteiger partial charge in [0.15, 0.2) is 0 Å². The zero-order valence-corrected chi connectivity index (χ0v) is 9.39. The number of carbonyl (C=O) groups is 1. The topological polar surface area (TPSA) is 39.2 Å². The average molecular weight is 262 g/mol. The molecule has 0 atom stereocenters. The molecule has 0 saturated carbocycles. The van der Waals surface area contributed by atoms with E-state index in [-0.39, 0.29) is 5.97 Å². The number of nitrogens with zero attached hydrogens (tertiary/aromatic N) is 1. The number of halogens is 1. The molecule has 0 spiro atoms. The summed E-state index contributed by atoms with van der Waals surface area (Å²) in [7, 11) is 0. The highest BCUT2D eigenvalue weighted by molar-refractivity contribution is 9.11. The van der Waals surface area contributed by atoms with Gasteiger partial charge in [-0.25, -0.2) is 9.78 Å². The van der Waals surface area contributed by atoms with Gasteiger partial charge in [-0.3, -0.25) is 0 Å². The monoisotopic (exact) mass is 261 g/mol. The molecule has 0 aliphatic carbocycles. The maximum absolute atomic E-state index is 11.3. The third-order valence-corrected chi connectivity index (χ3v) is 2.36. The molecule has 1 heterocycles. The van der Waals surface area contributed by atoms with Gasteiger partial charge in [0, 0.05) is 0 Å². The minimum Gasteiger partial charge on any atom is -0.462 e. The fraction of sp³-hybridized carbons (Fsp3) is 0.250. The highest BCUT2D eigenvalue weighted by Gasteiger charge is 2.13. The van der Waals surface area contributed by atoms with E-state index in [0.717, 1.165) is 0 Å². The molecule has 0 unspecified atom stereocenters. The fourth-order valence-electron chi connectivity index (χ4n) is 0.783. The largest absolute Gasteiger partial charge is 0.462 e. The van der Waals surface area contributed by atoms with Crippen LogP contribution in [-0.2, 0) is 4.74 Å². The van der Waals surface area contributed by atoms with Crippen molar-refractivity contribution in [2.75, 3.05) is 6.61 Å². The molecule has 1 aromatic rings. The van der Waals surface area contributed by atoms with E-state index in [4.69, 9.17) is 4.74 Å². The van der Waals surface area contributed by atoms with Crippen LogP contribution in [0.25, 0.3) is 6.08 Å². The van der Waals surface area contributed by atoms with Gasteiger partial charge < -0.3 is 4.74 Å². The van der Waals surface area contributed by atoms with Crippen molar-refractivity contribution in [2.24, 2.45) is 0 Å². The zero-order valence-electron chi connectivity index (χ0n) is 6.99. The second kappa shape index (κ2) is 5.14. The molecule has 0 aromatic carbocycles. The average Bonchev–Trinajstić information content (AvgIpc) is 2.54. The van der Waals surface area contributed by atoms with Gasteiger partial charge in [0.2, 0.25) is 0 Å². The molecule has 0 aliphatic rings. The lowest BCUT2D eigenvalue weighted by molar-refractivity contribution is 0.0531. The first-order valence-corrected chi connectivity index (χ1v) is 5.46. The summed E-state index contributed by atoms with van der Waals surface area (Å²) in [6.07, 6.45) is 1.71. The van der Waals surface area contributed by atoms with Crippen LogP contribution in [0.3, 0.4) is 0 Å². The molecule has 1 rings (SSSR count). The van der Waals surface area contributed by atoms with Gasteiger partial charge in [-0.1, -0.05) is 15.9 Å². The third-order valence-electron chi connectivity index (χ3n) is 1.28. The molecule has 5 heteroatoms. The zero-order chi connectivity index (χ0) is 9.68. The summed E-state index contributed by atoms with van der Waals surface area (Å²) >= 11 is 4.40. The van der Waals surface area contributed by atoms with Crippen LogP contribution in [0.4, 0.5) is 0 Å². The molecule has 0 saturated heterocycles. The number of thiazole rings is 1. The Morgan fingerprint density at radius 2 is 2.62 bits per heavy atom. The number of ether oxygens (including phenoxy) is 1. The Bertz CT molecular complexity index is 322. The minimum atomic E-state index is -0.314. The summed E-state index contributed by atoms with van der Waals surface area (Å²) in [6.45, 7) is 2.16. The van der Waals surface area contributed by atoms with Crippen molar-refractivity contribution in [3.8, 4) is 0 Å². The van der Waals surface area contributed by atoms with Gasteiger partial charge in [0.1, 0.15) is 4.88 Å². The lowest BCUT2D eigenvalue weighted by Gasteiger charge is -1.98. The van der Waals surface area contributed by atoms with E-state index in [2.05, 4.69) is 20.9 Å². The van der Waals surface area contributed by atoms with Crippen molar-refractivity contribution in [3.05, 3.63) is 21.1 Å². The maximum atomic E-state index is 11.3. The predicted octanol–water partition coefficient (Wildman–Crippen LogP) is 2.69. The number of carbonyl (C=O) groups excluding carboxylic acids is 1. The Morgan fingerprint density at radius 1 is 1.85 bits per heavy atom. The van der Waals surface area contributed by atoms with Crippen LogP contribution in [0.5, 0.6) is 0 Å². The number of hydrogen-bond acceptors (Lipinski definition) is 4. The summed E-state index contributed by atoms with van der Waals surface area (Å²) in [5.74, 6) is -0.314. The van der Waals surface area contributed by atoms with Crippen LogP contribution in [0, 0.1) is 0 Å². The Hall–Kier alpha value is -0.680. The molecular weight excluding hydrogens is 254 g/mol. The highest BCUT2D eigenvalue weighted by atomic mass is 79.9. The number of aromatic nitrogens is 1. The molecule has 0 N–H and O–H groups in total. The number of hydrogen-bond donors (Lipinski definition) is 0. The molecule has 0 fully saturated rings. The van der Waals surface area contributed by atoms with Crippen LogP contribution in [0.2, 0.25) is 0 Å².